The number of benzene rings is 1. The molecule has 1 aliphatic carbocycles. The number of hydrogen-bond donors (Lipinski definition) is 2. The topological polar surface area (TPSA) is 32.3 Å². The highest BCUT2D eigenvalue weighted by Crippen LogP contribution is 2.28. The van der Waals surface area contributed by atoms with Gasteiger partial charge in [0.25, 0.3) is 0 Å². The predicted molar refractivity (Wildman–Crippen MR) is 80.1 cm³/mol. The van der Waals surface area contributed by atoms with E-state index in [9.17, 15) is 5.11 Å². The van der Waals surface area contributed by atoms with Crippen molar-refractivity contribution < 1.29 is 5.11 Å². The van der Waals surface area contributed by atoms with E-state index in [0.717, 1.165) is 43.4 Å². The van der Waals surface area contributed by atoms with Gasteiger partial charge in [0.05, 0.1) is 5.60 Å². The van der Waals surface area contributed by atoms with Crippen LogP contribution in [0.4, 0.5) is 5.69 Å². The summed E-state index contributed by atoms with van der Waals surface area (Å²) in [5.74, 6) is 6.21. The molecule has 0 radical (unpaired) electrons. The van der Waals surface area contributed by atoms with Crippen LogP contribution < -0.4 is 5.32 Å². The maximum Gasteiger partial charge on any atom is 0.0819 e. The van der Waals surface area contributed by atoms with Gasteiger partial charge in [0.2, 0.25) is 0 Å². The zero-order valence-corrected chi connectivity index (χ0v) is 11.7. The lowest BCUT2D eigenvalue weighted by atomic mass is 9.85. The van der Waals surface area contributed by atoms with Crippen molar-refractivity contribution in [3.63, 3.8) is 0 Å². The van der Waals surface area contributed by atoms with Crippen LogP contribution in [-0.2, 0) is 0 Å². The molecule has 0 bridgehead atoms. The third-order valence-electron chi connectivity index (χ3n) is 3.68. The number of aliphatic hydroxyl groups is 1. The second-order valence-corrected chi connectivity index (χ2v) is 5.37. The minimum Gasteiger partial charge on any atom is -0.388 e. The molecule has 1 aromatic rings. The number of anilines is 1. The Morgan fingerprint density at radius 1 is 1.26 bits per heavy atom. The van der Waals surface area contributed by atoms with Crippen LogP contribution in [0, 0.1) is 11.8 Å². The van der Waals surface area contributed by atoms with Gasteiger partial charge < -0.3 is 10.4 Å². The molecule has 2 N–H and O–H groups in total. The van der Waals surface area contributed by atoms with Gasteiger partial charge in [0, 0.05) is 24.2 Å². The van der Waals surface area contributed by atoms with Gasteiger partial charge in [0.15, 0.2) is 0 Å². The minimum absolute atomic E-state index is 0.524. The van der Waals surface area contributed by atoms with Gasteiger partial charge >= 0.3 is 0 Å². The molecule has 0 aromatic heterocycles. The zero-order chi connectivity index (χ0) is 13.6. The van der Waals surface area contributed by atoms with Crippen molar-refractivity contribution in [2.45, 2.75) is 51.0 Å². The van der Waals surface area contributed by atoms with Crippen molar-refractivity contribution in [1.29, 1.82) is 0 Å². The van der Waals surface area contributed by atoms with Crippen LogP contribution in [-0.4, -0.2) is 17.3 Å². The first-order valence-corrected chi connectivity index (χ1v) is 7.27. The first kappa shape index (κ1) is 14.0. The van der Waals surface area contributed by atoms with Crippen LogP contribution >= 0.6 is 0 Å². The molecule has 0 atom stereocenters. The highest BCUT2D eigenvalue weighted by molar-refractivity contribution is 5.50. The van der Waals surface area contributed by atoms with Gasteiger partial charge in [-0.3, -0.25) is 0 Å². The Balaban J connectivity index is 1.95. The highest BCUT2D eigenvalue weighted by atomic mass is 16.3. The summed E-state index contributed by atoms with van der Waals surface area (Å²) in [6.45, 7) is 2.69. The van der Waals surface area contributed by atoms with Crippen LogP contribution in [0.1, 0.15) is 51.0 Å². The van der Waals surface area contributed by atoms with E-state index in [-0.39, 0.29) is 0 Å². The molecule has 0 amide bonds. The quantitative estimate of drug-likeness (QED) is 0.812. The first-order valence-electron chi connectivity index (χ1n) is 7.27. The zero-order valence-electron chi connectivity index (χ0n) is 11.7. The fourth-order valence-corrected chi connectivity index (χ4v) is 2.55. The monoisotopic (exact) mass is 257 g/mol. The lowest BCUT2D eigenvalue weighted by Crippen LogP contribution is -2.38. The third-order valence-corrected chi connectivity index (χ3v) is 3.68. The molecule has 1 saturated carbocycles. The predicted octanol–water partition coefficient (Wildman–Crippen LogP) is 3.56. The van der Waals surface area contributed by atoms with Crippen molar-refractivity contribution >= 4 is 5.69 Å². The van der Waals surface area contributed by atoms with E-state index in [4.69, 9.17) is 0 Å². The van der Waals surface area contributed by atoms with Gasteiger partial charge in [0.1, 0.15) is 0 Å². The molecule has 0 aliphatic heterocycles. The smallest absolute Gasteiger partial charge is 0.0819 e. The summed E-state index contributed by atoms with van der Waals surface area (Å²) in [4.78, 5) is 0. The van der Waals surface area contributed by atoms with Gasteiger partial charge in [-0.15, -0.1) is 0 Å². The second kappa shape index (κ2) is 6.63. The average molecular weight is 257 g/mol. The Morgan fingerprint density at radius 2 is 2.05 bits per heavy atom. The van der Waals surface area contributed by atoms with E-state index < -0.39 is 5.60 Å². The van der Waals surface area contributed by atoms with Crippen LogP contribution in [0.2, 0.25) is 0 Å². The Kier molecular flexibility index (Phi) is 4.87. The van der Waals surface area contributed by atoms with Gasteiger partial charge in [-0.25, -0.2) is 0 Å². The molecule has 1 aliphatic rings. The second-order valence-electron chi connectivity index (χ2n) is 5.37. The summed E-state index contributed by atoms with van der Waals surface area (Å²) in [6, 6.07) is 8.11. The summed E-state index contributed by atoms with van der Waals surface area (Å²) in [5, 5.41) is 13.8. The molecular formula is C17H23NO. The highest BCUT2D eigenvalue weighted by Gasteiger charge is 2.28. The average Bonchev–Trinajstić information content (AvgIpc) is 2.44. The number of rotatable bonds is 3. The molecule has 2 heteroatoms. The summed E-state index contributed by atoms with van der Waals surface area (Å²) in [7, 11) is 0. The van der Waals surface area contributed by atoms with Crippen molar-refractivity contribution in [3.05, 3.63) is 29.8 Å². The molecule has 102 valence electrons. The molecule has 2 rings (SSSR count). The van der Waals surface area contributed by atoms with E-state index in [1.54, 1.807) is 0 Å². The third kappa shape index (κ3) is 4.29. The van der Waals surface area contributed by atoms with Gasteiger partial charge in [-0.05, 0) is 31.0 Å². The van der Waals surface area contributed by atoms with Gasteiger partial charge in [-0.1, -0.05) is 44.1 Å². The van der Waals surface area contributed by atoms with Crippen LogP contribution in [0.25, 0.3) is 0 Å². The largest absolute Gasteiger partial charge is 0.388 e. The Hall–Kier alpha value is -1.46. The van der Waals surface area contributed by atoms with Crippen LogP contribution in [0.5, 0.6) is 0 Å². The Labute approximate surface area is 116 Å². The molecule has 0 heterocycles. The molecular weight excluding hydrogens is 234 g/mol. The molecule has 2 nitrogen and oxygen atoms in total. The van der Waals surface area contributed by atoms with Gasteiger partial charge in [-0.2, -0.15) is 0 Å². The number of hydrogen-bond acceptors (Lipinski definition) is 2. The molecule has 0 saturated heterocycles. The van der Waals surface area contributed by atoms with Crippen molar-refractivity contribution in [1.82, 2.24) is 0 Å². The molecule has 0 spiro atoms. The lowest BCUT2D eigenvalue weighted by molar-refractivity contribution is 0.0167. The summed E-state index contributed by atoms with van der Waals surface area (Å²) < 4.78 is 0. The van der Waals surface area contributed by atoms with Crippen LogP contribution in [0.3, 0.4) is 0 Å². The van der Waals surface area contributed by atoms with E-state index in [1.807, 2.05) is 25.1 Å². The van der Waals surface area contributed by atoms with Crippen molar-refractivity contribution in [3.8, 4) is 11.8 Å². The molecule has 0 unspecified atom stereocenters. The molecule has 19 heavy (non-hydrogen) atoms. The first-order chi connectivity index (χ1) is 9.22. The SMILES string of the molecule is CCC#Cc1cccc(NCC2(O)CCCCC2)c1. The normalized spacial score (nSPS) is 17.4. The summed E-state index contributed by atoms with van der Waals surface area (Å²) >= 11 is 0. The van der Waals surface area contributed by atoms with E-state index >= 15 is 0 Å². The van der Waals surface area contributed by atoms with Crippen molar-refractivity contribution in [2.24, 2.45) is 0 Å². The molecule has 1 fully saturated rings. The van der Waals surface area contributed by atoms with E-state index in [1.165, 1.54) is 6.42 Å². The summed E-state index contributed by atoms with van der Waals surface area (Å²) in [5.41, 5.74) is 1.55. The lowest BCUT2D eigenvalue weighted by Gasteiger charge is -2.32. The fraction of sp³-hybridized carbons (Fsp3) is 0.529. The van der Waals surface area contributed by atoms with E-state index in [2.05, 4.69) is 23.2 Å². The standard InChI is InChI=1S/C17H23NO/c1-2-3-8-15-9-7-10-16(13-15)18-14-17(19)11-5-4-6-12-17/h7,9-10,13,18-19H,2,4-6,11-12,14H2,1H3. The maximum absolute atomic E-state index is 10.5. The minimum atomic E-state index is -0.524. The Bertz CT molecular complexity index is 464. The van der Waals surface area contributed by atoms with Crippen LogP contribution in [0.15, 0.2) is 24.3 Å². The fourth-order valence-electron chi connectivity index (χ4n) is 2.55. The molecule has 1 aromatic carbocycles. The Morgan fingerprint density at radius 3 is 2.79 bits per heavy atom. The van der Waals surface area contributed by atoms with E-state index in [0.29, 0.717) is 6.54 Å². The van der Waals surface area contributed by atoms with Crippen molar-refractivity contribution in [2.75, 3.05) is 11.9 Å². The number of nitrogens with one attached hydrogen (secondary N) is 1. The summed E-state index contributed by atoms with van der Waals surface area (Å²) in [6.07, 6.45) is 6.23. The maximum atomic E-state index is 10.5.